The Bertz CT molecular complexity index is 363. The molecule has 3 nitrogen and oxygen atoms in total. The number of rotatable bonds is 1. The molecule has 0 amide bonds. The predicted octanol–water partition coefficient (Wildman–Crippen LogP) is 2.53. The van der Waals surface area contributed by atoms with Gasteiger partial charge in [0.2, 0.25) is 0 Å². The lowest BCUT2D eigenvalue weighted by Crippen LogP contribution is -2.23. The van der Waals surface area contributed by atoms with Crippen molar-refractivity contribution in [3.05, 3.63) is 23.2 Å². The van der Waals surface area contributed by atoms with E-state index in [1.165, 1.54) is 11.8 Å². The summed E-state index contributed by atoms with van der Waals surface area (Å²) in [7, 11) is 0. The number of halogens is 1. The molecule has 0 radical (unpaired) electrons. The third-order valence-electron chi connectivity index (χ3n) is 2.03. The summed E-state index contributed by atoms with van der Waals surface area (Å²) in [6, 6.07) is 4.98. The fourth-order valence-corrected chi connectivity index (χ4v) is 2.47. The summed E-state index contributed by atoms with van der Waals surface area (Å²) in [5.41, 5.74) is 0.546. The SMILES string of the molecule is N=C1SCCN1c1c(O)cccc1Cl. The maximum Gasteiger partial charge on any atom is 0.161 e. The highest BCUT2D eigenvalue weighted by molar-refractivity contribution is 8.14. The molecule has 1 saturated heterocycles. The maximum absolute atomic E-state index is 9.64. The van der Waals surface area contributed by atoms with E-state index in [-0.39, 0.29) is 5.75 Å². The van der Waals surface area contributed by atoms with Crippen molar-refractivity contribution in [1.82, 2.24) is 0 Å². The minimum absolute atomic E-state index is 0.129. The number of amidine groups is 1. The van der Waals surface area contributed by atoms with Crippen molar-refractivity contribution >= 4 is 34.2 Å². The van der Waals surface area contributed by atoms with Crippen LogP contribution in [0.1, 0.15) is 0 Å². The van der Waals surface area contributed by atoms with Crippen LogP contribution in [0, 0.1) is 5.41 Å². The average molecular weight is 229 g/mol. The van der Waals surface area contributed by atoms with Gasteiger partial charge in [-0.3, -0.25) is 5.41 Å². The second-order valence-corrected chi connectivity index (χ2v) is 4.40. The number of benzene rings is 1. The van der Waals surface area contributed by atoms with Gasteiger partial charge >= 0.3 is 0 Å². The fraction of sp³-hybridized carbons (Fsp3) is 0.222. The van der Waals surface area contributed by atoms with Crippen molar-refractivity contribution in [3.8, 4) is 5.75 Å². The minimum atomic E-state index is 0.129. The number of thioether (sulfide) groups is 1. The second kappa shape index (κ2) is 3.71. The molecule has 0 aromatic heterocycles. The van der Waals surface area contributed by atoms with Crippen LogP contribution in [0.3, 0.4) is 0 Å². The van der Waals surface area contributed by atoms with E-state index in [2.05, 4.69) is 0 Å². The highest BCUT2D eigenvalue weighted by atomic mass is 35.5. The number of hydrogen-bond donors (Lipinski definition) is 2. The van der Waals surface area contributed by atoms with Gasteiger partial charge in [-0.2, -0.15) is 0 Å². The Labute approximate surface area is 91.2 Å². The average Bonchev–Trinajstić information content (AvgIpc) is 2.52. The molecule has 0 atom stereocenters. The van der Waals surface area contributed by atoms with E-state index in [0.29, 0.717) is 15.9 Å². The molecule has 2 rings (SSSR count). The molecule has 1 fully saturated rings. The molecule has 0 saturated carbocycles. The zero-order chi connectivity index (χ0) is 10.1. The van der Waals surface area contributed by atoms with Gasteiger partial charge in [0.05, 0.1) is 5.02 Å². The fourth-order valence-electron chi connectivity index (χ4n) is 1.40. The van der Waals surface area contributed by atoms with E-state index < -0.39 is 0 Å². The minimum Gasteiger partial charge on any atom is -0.506 e. The third kappa shape index (κ3) is 1.55. The maximum atomic E-state index is 9.64. The van der Waals surface area contributed by atoms with Gasteiger partial charge in [0.15, 0.2) is 5.17 Å². The lowest BCUT2D eigenvalue weighted by atomic mass is 10.2. The number of nitrogens with one attached hydrogen (secondary N) is 1. The first-order chi connectivity index (χ1) is 6.70. The summed E-state index contributed by atoms with van der Waals surface area (Å²) in [5, 5.41) is 18.2. The first kappa shape index (κ1) is 9.68. The van der Waals surface area contributed by atoms with E-state index in [1.54, 1.807) is 23.1 Å². The number of anilines is 1. The van der Waals surface area contributed by atoms with E-state index >= 15 is 0 Å². The van der Waals surface area contributed by atoms with Crippen LogP contribution in [0.15, 0.2) is 18.2 Å². The zero-order valence-electron chi connectivity index (χ0n) is 7.33. The molecule has 1 heterocycles. The van der Waals surface area contributed by atoms with Gasteiger partial charge in [-0.1, -0.05) is 29.4 Å². The third-order valence-corrected chi connectivity index (χ3v) is 3.22. The molecule has 1 aromatic rings. The molecule has 1 aliphatic rings. The van der Waals surface area contributed by atoms with Crippen LogP contribution in [0.25, 0.3) is 0 Å². The molecule has 0 unspecified atom stereocenters. The molecule has 2 N–H and O–H groups in total. The highest BCUT2D eigenvalue weighted by Gasteiger charge is 2.23. The van der Waals surface area contributed by atoms with Crippen molar-refractivity contribution in [2.45, 2.75) is 0 Å². The van der Waals surface area contributed by atoms with Crippen molar-refractivity contribution in [2.75, 3.05) is 17.2 Å². The molecule has 1 aliphatic heterocycles. The molecule has 1 aromatic carbocycles. The van der Waals surface area contributed by atoms with Crippen LogP contribution in [-0.2, 0) is 0 Å². The summed E-state index contributed by atoms with van der Waals surface area (Å²) >= 11 is 7.42. The van der Waals surface area contributed by atoms with E-state index in [0.717, 1.165) is 12.3 Å². The highest BCUT2D eigenvalue weighted by Crippen LogP contribution is 2.37. The Hall–Kier alpha value is -0.870. The van der Waals surface area contributed by atoms with Gasteiger partial charge in [-0.25, -0.2) is 0 Å². The van der Waals surface area contributed by atoms with Gasteiger partial charge in [-0.15, -0.1) is 0 Å². The number of nitrogens with zero attached hydrogens (tertiary/aromatic N) is 1. The molecule has 0 bridgehead atoms. The molecule has 0 aliphatic carbocycles. The molecular formula is C9H9ClN2OS. The molecule has 74 valence electrons. The zero-order valence-corrected chi connectivity index (χ0v) is 8.90. The van der Waals surface area contributed by atoms with Crippen molar-refractivity contribution in [2.24, 2.45) is 0 Å². The molecular weight excluding hydrogens is 220 g/mol. The second-order valence-electron chi connectivity index (χ2n) is 2.91. The smallest absolute Gasteiger partial charge is 0.161 e. The van der Waals surface area contributed by atoms with Crippen molar-refractivity contribution in [3.63, 3.8) is 0 Å². The van der Waals surface area contributed by atoms with Crippen LogP contribution in [0.2, 0.25) is 5.02 Å². The Kier molecular flexibility index (Phi) is 2.56. The van der Waals surface area contributed by atoms with Gasteiger partial charge in [0, 0.05) is 12.3 Å². The van der Waals surface area contributed by atoms with Crippen molar-refractivity contribution < 1.29 is 5.11 Å². The summed E-state index contributed by atoms with van der Waals surface area (Å²) < 4.78 is 0. The summed E-state index contributed by atoms with van der Waals surface area (Å²) in [4.78, 5) is 1.72. The lowest BCUT2D eigenvalue weighted by Gasteiger charge is -2.19. The number of hydrogen-bond acceptors (Lipinski definition) is 3. The molecule has 0 spiro atoms. The Balaban J connectivity index is 2.44. The van der Waals surface area contributed by atoms with Crippen LogP contribution in [0.4, 0.5) is 5.69 Å². The van der Waals surface area contributed by atoms with Gasteiger partial charge in [0.25, 0.3) is 0 Å². The van der Waals surface area contributed by atoms with Crippen LogP contribution in [0.5, 0.6) is 5.75 Å². The Morgan fingerprint density at radius 1 is 1.50 bits per heavy atom. The number of phenolic OH excluding ortho intramolecular Hbond substituents is 1. The van der Waals surface area contributed by atoms with E-state index in [9.17, 15) is 5.11 Å². The van der Waals surface area contributed by atoms with E-state index in [4.69, 9.17) is 17.0 Å². The lowest BCUT2D eigenvalue weighted by molar-refractivity contribution is 0.476. The first-order valence-electron chi connectivity index (χ1n) is 4.16. The van der Waals surface area contributed by atoms with Crippen LogP contribution >= 0.6 is 23.4 Å². The molecule has 5 heteroatoms. The van der Waals surface area contributed by atoms with E-state index in [1.807, 2.05) is 0 Å². The van der Waals surface area contributed by atoms with Crippen LogP contribution in [-0.4, -0.2) is 22.6 Å². The normalized spacial score (nSPS) is 16.4. The molecule has 14 heavy (non-hydrogen) atoms. The van der Waals surface area contributed by atoms with Gasteiger partial charge < -0.3 is 10.0 Å². The number of para-hydroxylation sites is 1. The van der Waals surface area contributed by atoms with Crippen LogP contribution < -0.4 is 4.90 Å². The van der Waals surface area contributed by atoms with Crippen molar-refractivity contribution in [1.29, 1.82) is 5.41 Å². The Morgan fingerprint density at radius 2 is 2.29 bits per heavy atom. The quantitative estimate of drug-likeness (QED) is 0.777. The van der Waals surface area contributed by atoms with Gasteiger partial charge in [0.1, 0.15) is 11.4 Å². The number of aromatic hydroxyl groups is 1. The Morgan fingerprint density at radius 3 is 2.86 bits per heavy atom. The first-order valence-corrected chi connectivity index (χ1v) is 5.53. The van der Waals surface area contributed by atoms with Gasteiger partial charge in [-0.05, 0) is 12.1 Å². The largest absolute Gasteiger partial charge is 0.506 e. The monoisotopic (exact) mass is 228 g/mol. The predicted molar refractivity (Wildman–Crippen MR) is 60.6 cm³/mol. The summed E-state index contributed by atoms with van der Waals surface area (Å²) in [5.74, 6) is 0.994. The standard InChI is InChI=1S/C9H9ClN2OS/c10-6-2-1-3-7(13)8(6)12-4-5-14-9(12)11/h1-3,11,13H,4-5H2. The number of phenols is 1. The summed E-state index contributed by atoms with van der Waals surface area (Å²) in [6.07, 6.45) is 0. The topological polar surface area (TPSA) is 47.3 Å². The summed E-state index contributed by atoms with van der Waals surface area (Å²) in [6.45, 7) is 0.723.